The lowest BCUT2D eigenvalue weighted by atomic mass is 9.95. The van der Waals surface area contributed by atoms with Gasteiger partial charge in [-0.2, -0.15) is 5.10 Å². The minimum atomic E-state index is 0.268. The van der Waals surface area contributed by atoms with Gasteiger partial charge in [-0.1, -0.05) is 5.57 Å². The maximum Gasteiger partial charge on any atom is 0.155 e. The summed E-state index contributed by atoms with van der Waals surface area (Å²) in [6.45, 7) is 4.22. The van der Waals surface area contributed by atoms with Crippen molar-refractivity contribution in [2.24, 2.45) is 0 Å². The molecule has 0 aromatic carbocycles. The van der Waals surface area contributed by atoms with Crippen LogP contribution in [0.15, 0.2) is 23.9 Å². The second kappa shape index (κ2) is 4.64. The van der Waals surface area contributed by atoms with Crippen LogP contribution in [0.25, 0.3) is 0 Å². The number of ketones is 1. The zero-order valence-electron chi connectivity index (χ0n) is 9.94. The van der Waals surface area contributed by atoms with Crippen molar-refractivity contribution in [2.75, 3.05) is 0 Å². The van der Waals surface area contributed by atoms with E-state index in [9.17, 15) is 4.79 Å². The number of hydrogen-bond acceptors (Lipinski definition) is 2. The first-order valence-electron chi connectivity index (χ1n) is 5.91. The smallest absolute Gasteiger partial charge is 0.155 e. The average Bonchev–Trinajstić information content (AvgIpc) is 2.66. The molecule has 0 spiro atoms. The molecule has 0 radical (unpaired) electrons. The fourth-order valence-corrected chi connectivity index (χ4v) is 1.99. The van der Waals surface area contributed by atoms with Gasteiger partial charge in [0.15, 0.2) is 5.78 Å². The molecule has 2 rings (SSSR count). The fraction of sp³-hybridized carbons (Fsp3) is 0.538. The highest BCUT2D eigenvalue weighted by Crippen LogP contribution is 2.19. The van der Waals surface area contributed by atoms with Crippen LogP contribution in [0, 0.1) is 0 Å². The molecule has 1 aliphatic rings. The maximum absolute atomic E-state index is 11.3. The molecule has 3 heteroatoms. The molecular weight excluding hydrogens is 200 g/mol. The molecule has 0 saturated carbocycles. The van der Waals surface area contributed by atoms with Crippen molar-refractivity contribution < 1.29 is 4.79 Å². The molecule has 0 aliphatic heterocycles. The third kappa shape index (κ3) is 2.60. The highest BCUT2D eigenvalue weighted by Gasteiger charge is 2.11. The van der Waals surface area contributed by atoms with Gasteiger partial charge in [-0.15, -0.1) is 0 Å². The lowest BCUT2D eigenvalue weighted by Gasteiger charge is -2.10. The molecule has 0 amide bonds. The van der Waals surface area contributed by atoms with Crippen molar-refractivity contribution in [3.05, 3.63) is 29.6 Å². The molecule has 16 heavy (non-hydrogen) atoms. The van der Waals surface area contributed by atoms with Crippen LogP contribution in [-0.4, -0.2) is 15.6 Å². The van der Waals surface area contributed by atoms with Crippen molar-refractivity contribution in [3.8, 4) is 0 Å². The van der Waals surface area contributed by atoms with Gasteiger partial charge in [-0.25, -0.2) is 0 Å². The number of carbonyl (C=O) groups is 1. The Morgan fingerprint density at radius 1 is 1.44 bits per heavy atom. The molecule has 0 bridgehead atoms. The van der Waals surface area contributed by atoms with Crippen molar-refractivity contribution in [2.45, 2.75) is 45.6 Å². The summed E-state index contributed by atoms with van der Waals surface area (Å²) < 4.78 is 1.96. The van der Waals surface area contributed by atoms with Gasteiger partial charge in [0.25, 0.3) is 0 Å². The number of rotatable bonds is 3. The summed E-state index contributed by atoms with van der Waals surface area (Å²) in [4.78, 5) is 11.3. The van der Waals surface area contributed by atoms with E-state index in [4.69, 9.17) is 0 Å². The van der Waals surface area contributed by atoms with E-state index >= 15 is 0 Å². The number of aromatic nitrogens is 2. The Bertz CT molecular complexity index is 415. The average molecular weight is 218 g/mol. The van der Waals surface area contributed by atoms with E-state index in [1.165, 1.54) is 5.57 Å². The van der Waals surface area contributed by atoms with Crippen molar-refractivity contribution in [1.29, 1.82) is 0 Å². The first-order chi connectivity index (χ1) is 7.65. The van der Waals surface area contributed by atoms with Crippen LogP contribution in [0.5, 0.6) is 0 Å². The van der Waals surface area contributed by atoms with Gasteiger partial charge in [0.1, 0.15) is 0 Å². The normalized spacial score (nSPS) is 16.7. The molecule has 0 unspecified atom stereocenters. The summed E-state index contributed by atoms with van der Waals surface area (Å²) >= 11 is 0. The Kier molecular flexibility index (Phi) is 3.22. The predicted octanol–water partition coefficient (Wildman–Crippen LogP) is 2.69. The van der Waals surface area contributed by atoms with Gasteiger partial charge < -0.3 is 0 Å². The van der Waals surface area contributed by atoms with Crippen LogP contribution in [0.2, 0.25) is 0 Å². The lowest BCUT2D eigenvalue weighted by molar-refractivity contribution is -0.115. The molecule has 3 nitrogen and oxygen atoms in total. The number of hydrogen-bond donors (Lipinski definition) is 0. The Morgan fingerprint density at radius 2 is 2.25 bits per heavy atom. The number of allylic oxidation sites excluding steroid dienone is 2. The van der Waals surface area contributed by atoms with Gasteiger partial charge in [-0.05, 0) is 38.8 Å². The first-order valence-corrected chi connectivity index (χ1v) is 5.91. The molecular formula is C13H18N2O. The summed E-state index contributed by atoms with van der Waals surface area (Å²) in [6, 6.07) is 2.44. The summed E-state index contributed by atoms with van der Waals surface area (Å²) in [6.07, 6.45) is 7.38. The first kappa shape index (κ1) is 11.1. The second-order valence-corrected chi connectivity index (χ2v) is 4.68. The molecule has 1 aromatic rings. The van der Waals surface area contributed by atoms with Crippen molar-refractivity contribution >= 4 is 5.78 Å². The Hall–Kier alpha value is -1.38. The van der Waals surface area contributed by atoms with E-state index in [1.54, 1.807) is 6.08 Å². The van der Waals surface area contributed by atoms with Crippen LogP contribution in [0.3, 0.4) is 0 Å². The monoisotopic (exact) mass is 218 g/mol. The molecule has 1 heterocycles. The summed E-state index contributed by atoms with van der Waals surface area (Å²) in [7, 11) is 0. The van der Waals surface area contributed by atoms with Gasteiger partial charge in [-0.3, -0.25) is 9.48 Å². The molecule has 1 aliphatic carbocycles. The quantitative estimate of drug-likeness (QED) is 0.781. The predicted molar refractivity (Wildman–Crippen MR) is 63.3 cm³/mol. The summed E-state index contributed by atoms with van der Waals surface area (Å²) in [5.41, 5.74) is 2.29. The molecule has 0 saturated heterocycles. The SMILES string of the molecule is CC(C)n1ccc(CC2=CC(=O)CCC2)n1. The highest BCUT2D eigenvalue weighted by atomic mass is 16.1. The van der Waals surface area contributed by atoms with Crippen LogP contribution < -0.4 is 0 Å². The highest BCUT2D eigenvalue weighted by molar-refractivity contribution is 5.91. The van der Waals surface area contributed by atoms with E-state index in [2.05, 4.69) is 18.9 Å². The summed E-state index contributed by atoms with van der Waals surface area (Å²) in [5.74, 6) is 0.268. The van der Waals surface area contributed by atoms with E-state index < -0.39 is 0 Å². The molecule has 0 fully saturated rings. The largest absolute Gasteiger partial charge is 0.295 e. The van der Waals surface area contributed by atoms with Crippen LogP contribution in [0.4, 0.5) is 0 Å². The Morgan fingerprint density at radius 3 is 2.88 bits per heavy atom. The third-order valence-corrected chi connectivity index (χ3v) is 2.89. The standard InChI is InChI=1S/C13H18N2O/c1-10(2)15-7-6-12(14-15)8-11-4-3-5-13(16)9-11/h6-7,9-10H,3-5,8H2,1-2H3. The van der Waals surface area contributed by atoms with Crippen molar-refractivity contribution in [3.63, 3.8) is 0 Å². The lowest BCUT2D eigenvalue weighted by Crippen LogP contribution is -2.06. The van der Waals surface area contributed by atoms with Gasteiger partial charge in [0, 0.05) is 25.1 Å². The van der Waals surface area contributed by atoms with E-state index in [0.717, 1.165) is 25.0 Å². The number of nitrogens with zero attached hydrogens (tertiary/aromatic N) is 2. The Balaban J connectivity index is 2.06. The van der Waals surface area contributed by atoms with Gasteiger partial charge in [0.05, 0.1) is 5.69 Å². The zero-order chi connectivity index (χ0) is 11.5. The second-order valence-electron chi connectivity index (χ2n) is 4.68. The van der Waals surface area contributed by atoms with Crippen LogP contribution in [-0.2, 0) is 11.2 Å². The minimum absolute atomic E-state index is 0.268. The summed E-state index contributed by atoms with van der Waals surface area (Å²) in [5, 5.41) is 4.49. The third-order valence-electron chi connectivity index (χ3n) is 2.89. The number of carbonyl (C=O) groups excluding carboxylic acids is 1. The van der Waals surface area contributed by atoms with Crippen LogP contribution in [0.1, 0.15) is 44.8 Å². The topological polar surface area (TPSA) is 34.9 Å². The van der Waals surface area contributed by atoms with Crippen molar-refractivity contribution in [1.82, 2.24) is 9.78 Å². The van der Waals surface area contributed by atoms with Gasteiger partial charge >= 0.3 is 0 Å². The zero-order valence-corrected chi connectivity index (χ0v) is 9.94. The minimum Gasteiger partial charge on any atom is -0.295 e. The molecule has 0 atom stereocenters. The van der Waals surface area contributed by atoms with Crippen LogP contribution >= 0.6 is 0 Å². The van der Waals surface area contributed by atoms with E-state index in [0.29, 0.717) is 12.5 Å². The molecule has 0 N–H and O–H groups in total. The fourth-order valence-electron chi connectivity index (χ4n) is 1.99. The van der Waals surface area contributed by atoms with Gasteiger partial charge in [0.2, 0.25) is 0 Å². The Labute approximate surface area is 96.2 Å². The molecule has 86 valence electrons. The maximum atomic E-state index is 11.3. The van der Waals surface area contributed by atoms with E-state index in [1.807, 2.05) is 16.9 Å². The molecule has 1 aromatic heterocycles. The van der Waals surface area contributed by atoms with E-state index in [-0.39, 0.29) is 5.78 Å².